The Labute approximate surface area is 554 Å². The molecule has 19 heteroatoms. The van der Waals surface area contributed by atoms with Gasteiger partial charge in [0.2, 0.25) is 0 Å². The molecule has 0 rings (SSSR count). The van der Waals surface area contributed by atoms with Gasteiger partial charge < -0.3 is 33.8 Å². The molecule has 0 aliphatic rings. The molecule has 0 aromatic heterocycles. The van der Waals surface area contributed by atoms with Gasteiger partial charge in [-0.15, -0.1) is 0 Å². The Hall–Kier alpha value is -2.46. The minimum Gasteiger partial charge on any atom is -0.462 e. The number of hydrogen-bond donors (Lipinski definition) is 3. The number of unbranched alkanes of at least 4 members (excludes halogenated alkanes) is 35. The van der Waals surface area contributed by atoms with Gasteiger partial charge in [-0.3, -0.25) is 37.3 Å². The molecule has 0 fully saturated rings. The summed E-state index contributed by atoms with van der Waals surface area (Å²) >= 11 is 0. The van der Waals surface area contributed by atoms with Crippen LogP contribution in [0.15, 0.2) is 24.3 Å². The van der Waals surface area contributed by atoms with E-state index in [2.05, 4.69) is 65.8 Å². The van der Waals surface area contributed by atoms with Crippen LogP contribution in [0, 0.1) is 11.8 Å². The van der Waals surface area contributed by atoms with Gasteiger partial charge in [0.15, 0.2) is 12.2 Å². The van der Waals surface area contributed by atoms with Crippen molar-refractivity contribution in [3.05, 3.63) is 24.3 Å². The fraction of sp³-hybridized carbons (Fsp3) is 0.889. The molecule has 0 radical (unpaired) electrons. The van der Waals surface area contributed by atoms with Crippen LogP contribution in [0.1, 0.15) is 343 Å². The van der Waals surface area contributed by atoms with Crippen molar-refractivity contribution in [2.45, 2.75) is 362 Å². The summed E-state index contributed by atoms with van der Waals surface area (Å²) in [6.07, 6.45) is 52.2. The Morgan fingerprint density at radius 3 is 0.989 bits per heavy atom. The number of carbonyl (C=O) groups excluding carboxylic acids is 4. The van der Waals surface area contributed by atoms with Gasteiger partial charge >= 0.3 is 39.5 Å². The van der Waals surface area contributed by atoms with Crippen LogP contribution >= 0.6 is 15.6 Å². The van der Waals surface area contributed by atoms with Gasteiger partial charge in [-0.2, -0.15) is 0 Å². The summed E-state index contributed by atoms with van der Waals surface area (Å²) in [5.41, 5.74) is 0. The smallest absolute Gasteiger partial charge is 0.462 e. The topological polar surface area (TPSA) is 237 Å². The minimum absolute atomic E-state index is 0.0851. The lowest BCUT2D eigenvalue weighted by Gasteiger charge is -2.21. The van der Waals surface area contributed by atoms with E-state index in [0.717, 1.165) is 115 Å². The first kappa shape index (κ1) is 88.5. The third kappa shape index (κ3) is 64.6. The predicted molar refractivity (Wildman–Crippen MR) is 367 cm³/mol. The number of esters is 4. The molecule has 6 atom stereocenters. The molecule has 0 aliphatic carbocycles. The van der Waals surface area contributed by atoms with Crippen LogP contribution < -0.4 is 0 Å². The second-order valence-corrected chi connectivity index (χ2v) is 28.9. The van der Waals surface area contributed by atoms with Crippen LogP contribution in [0.2, 0.25) is 0 Å². The maximum Gasteiger partial charge on any atom is 0.472 e. The lowest BCUT2D eigenvalue weighted by molar-refractivity contribution is -0.161. The Kier molecular flexibility index (Phi) is 61.9. The van der Waals surface area contributed by atoms with Crippen LogP contribution in [-0.4, -0.2) is 96.7 Å². The number of aliphatic hydroxyl groups is 1. The molecule has 17 nitrogen and oxygen atoms in total. The summed E-state index contributed by atoms with van der Waals surface area (Å²) in [4.78, 5) is 72.6. The van der Waals surface area contributed by atoms with Crippen LogP contribution in [-0.2, 0) is 65.4 Å². The molecular formula is C72H136O17P2. The summed E-state index contributed by atoms with van der Waals surface area (Å²) < 4.78 is 68.3. The van der Waals surface area contributed by atoms with E-state index >= 15 is 0 Å². The van der Waals surface area contributed by atoms with Gasteiger partial charge in [0.1, 0.15) is 19.3 Å². The first-order chi connectivity index (χ1) is 43.9. The number of phosphoric acid groups is 2. The van der Waals surface area contributed by atoms with Crippen LogP contribution in [0.5, 0.6) is 0 Å². The highest BCUT2D eigenvalue weighted by Crippen LogP contribution is 2.45. The molecule has 0 saturated carbocycles. The van der Waals surface area contributed by atoms with Crippen LogP contribution in [0.4, 0.5) is 0 Å². The Balaban J connectivity index is 5.28. The van der Waals surface area contributed by atoms with E-state index in [1.54, 1.807) is 0 Å². The molecule has 0 aromatic carbocycles. The van der Waals surface area contributed by atoms with Crippen molar-refractivity contribution in [3.63, 3.8) is 0 Å². The standard InChI is InChI=1S/C72H136O17P2/c1-7-10-12-14-16-18-20-22-24-26-28-30-35-42-48-54-69(74)82-60-67(88-71(76)56-50-44-36-31-29-27-25-23-21-19-17-15-13-11-8-2)62-86-90(78,79)84-58-66(73)59-85-91(80,81)87-63-68(61-83-70(75)55-49-43-39-38-40-46-52-64(4)5)89-72(77)57-51-45-37-33-32-34-41-47-53-65(6)9-3/h19,21,23,25,64-68,73H,7-18,20,22,24,26-63H2,1-6H3,(H,78,79)(H,80,81)/b21-19-,25-23-/t65?,66-,67-,68-/m1/s1. The van der Waals surface area contributed by atoms with E-state index in [9.17, 15) is 43.2 Å². The van der Waals surface area contributed by atoms with Crippen molar-refractivity contribution in [1.82, 2.24) is 0 Å². The normalized spacial score (nSPS) is 14.6. The monoisotopic (exact) mass is 1330 g/mol. The van der Waals surface area contributed by atoms with Crippen molar-refractivity contribution in [3.8, 4) is 0 Å². The number of allylic oxidation sites excluding steroid dienone is 4. The summed E-state index contributed by atoms with van der Waals surface area (Å²) in [7, 11) is -9.92. The summed E-state index contributed by atoms with van der Waals surface area (Å²) in [5.74, 6) is -0.710. The highest BCUT2D eigenvalue weighted by Gasteiger charge is 2.30. The average Bonchev–Trinajstić information content (AvgIpc) is 3.60. The zero-order valence-electron chi connectivity index (χ0n) is 58.6. The summed E-state index contributed by atoms with van der Waals surface area (Å²) in [6.45, 7) is 9.41. The molecule has 0 aliphatic heterocycles. The quantitative estimate of drug-likeness (QED) is 0.0169. The van der Waals surface area contributed by atoms with Crippen molar-refractivity contribution in [2.75, 3.05) is 39.6 Å². The van der Waals surface area contributed by atoms with E-state index < -0.39 is 97.5 Å². The average molecular weight is 1340 g/mol. The van der Waals surface area contributed by atoms with E-state index in [4.69, 9.17) is 37.0 Å². The Bertz CT molecular complexity index is 1860. The minimum atomic E-state index is -4.96. The lowest BCUT2D eigenvalue weighted by atomic mass is 9.99. The van der Waals surface area contributed by atoms with Gasteiger partial charge in [-0.25, -0.2) is 9.13 Å². The second-order valence-electron chi connectivity index (χ2n) is 26.0. The second kappa shape index (κ2) is 63.6. The molecular weight excluding hydrogens is 1200 g/mol. The molecule has 0 amide bonds. The van der Waals surface area contributed by atoms with Gasteiger partial charge in [-0.05, 0) is 63.2 Å². The lowest BCUT2D eigenvalue weighted by Crippen LogP contribution is -2.30. The third-order valence-corrected chi connectivity index (χ3v) is 18.3. The van der Waals surface area contributed by atoms with Crippen molar-refractivity contribution in [2.24, 2.45) is 11.8 Å². The molecule has 536 valence electrons. The molecule has 0 heterocycles. The van der Waals surface area contributed by atoms with E-state index in [1.807, 2.05) is 0 Å². The molecule has 0 spiro atoms. The maximum absolute atomic E-state index is 13.0. The van der Waals surface area contributed by atoms with Crippen molar-refractivity contribution >= 4 is 39.5 Å². The zero-order valence-corrected chi connectivity index (χ0v) is 60.4. The summed E-state index contributed by atoms with van der Waals surface area (Å²) in [6, 6.07) is 0. The molecule has 0 bridgehead atoms. The number of ether oxygens (including phenoxy) is 4. The first-order valence-corrected chi connectivity index (χ1v) is 39.8. The fourth-order valence-electron chi connectivity index (χ4n) is 10.4. The van der Waals surface area contributed by atoms with Crippen LogP contribution in [0.3, 0.4) is 0 Å². The van der Waals surface area contributed by atoms with Crippen LogP contribution in [0.25, 0.3) is 0 Å². The van der Waals surface area contributed by atoms with Crippen molar-refractivity contribution in [1.29, 1.82) is 0 Å². The largest absolute Gasteiger partial charge is 0.472 e. The SMILES string of the molecule is CCCCCC/C=C\C=C/CCCCCCCC(=O)O[C@H](COC(=O)CCCCCCCCCCCCCCCCC)COP(=O)(O)OC[C@@H](O)COP(=O)(O)OC[C@@H](COC(=O)CCCCCCCCC(C)C)OC(=O)CCCCCCCCCCC(C)CC. The van der Waals surface area contributed by atoms with Gasteiger partial charge in [-0.1, -0.05) is 291 Å². The highest BCUT2D eigenvalue weighted by atomic mass is 31.2. The molecule has 3 unspecified atom stereocenters. The Morgan fingerprint density at radius 2 is 0.648 bits per heavy atom. The number of phosphoric ester groups is 2. The summed E-state index contributed by atoms with van der Waals surface area (Å²) in [5, 5.41) is 10.6. The zero-order chi connectivity index (χ0) is 67.2. The molecule has 3 N–H and O–H groups in total. The molecule has 91 heavy (non-hydrogen) atoms. The maximum atomic E-state index is 13.0. The van der Waals surface area contributed by atoms with E-state index in [-0.39, 0.29) is 25.7 Å². The number of rotatable bonds is 69. The highest BCUT2D eigenvalue weighted by molar-refractivity contribution is 7.47. The van der Waals surface area contributed by atoms with E-state index in [0.29, 0.717) is 31.6 Å². The number of carbonyl (C=O) groups is 4. The predicted octanol–water partition coefficient (Wildman–Crippen LogP) is 20.3. The third-order valence-electron chi connectivity index (χ3n) is 16.4. The molecule has 0 saturated heterocycles. The fourth-order valence-corrected chi connectivity index (χ4v) is 12.0. The Morgan fingerprint density at radius 1 is 0.363 bits per heavy atom. The molecule has 0 aromatic rings. The van der Waals surface area contributed by atoms with E-state index in [1.165, 1.54) is 141 Å². The number of hydrogen-bond acceptors (Lipinski definition) is 15. The first-order valence-electron chi connectivity index (χ1n) is 36.8. The van der Waals surface area contributed by atoms with Gasteiger partial charge in [0.05, 0.1) is 26.4 Å². The van der Waals surface area contributed by atoms with Crippen molar-refractivity contribution < 1.29 is 80.2 Å². The van der Waals surface area contributed by atoms with Gasteiger partial charge in [0, 0.05) is 25.7 Å². The number of aliphatic hydroxyl groups excluding tert-OH is 1. The van der Waals surface area contributed by atoms with Gasteiger partial charge in [0.25, 0.3) is 0 Å².